The van der Waals surface area contributed by atoms with Gasteiger partial charge in [0.15, 0.2) is 0 Å². The van der Waals surface area contributed by atoms with Crippen molar-refractivity contribution in [3.8, 4) is 5.75 Å². The van der Waals surface area contributed by atoms with E-state index in [1.165, 1.54) is 18.2 Å². The third-order valence-corrected chi connectivity index (χ3v) is 4.12. The van der Waals surface area contributed by atoms with Gasteiger partial charge in [-0.15, -0.1) is 0 Å². The number of hydrogen-bond acceptors (Lipinski definition) is 4. The van der Waals surface area contributed by atoms with Crippen LogP contribution in [0.1, 0.15) is 39.9 Å². The first kappa shape index (κ1) is 16.2. The van der Waals surface area contributed by atoms with Crippen LogP contribution >= 0.6 is 0 Å². The SMILES string of the molecule is COc1cc2c(cc1C)C(=NOC(=O)c1ccccc1F)CCC2. The van der Waals surface area contributed by atoms with Crippen LogP contribution < -0.4 is 4.74 Å². The fourth-order valence-electron chi connectivity index (χ4n) is 2.87. The first-order chi connectivity index (χ1) is 11.6. The van der Waals surface area contributed by atoms with Crippen molar-refractivity contribution in [2.75, 3.05) is 7.11 Å². The summed E-state index contributed by atoms with van der Waals surface area (Å²) in [6.07, 6.45) is 2.55. The monoisotopic (exact) mass is 327 g/mol. The Hall–Kier alpha value is -2.69. The van der Waals surface area contributed by atoms with Crippen LogP contribution in [-0.2, 0) is 11.3 Å². The highest BCUT2D eigenvalue weighted by molar-refractivity contribution is 6.03. The smallest absolute Gasteiger partial charge is 0.368 e. The molecule has 0 bridgehead atoms. The van der Waals surface area contributed by atoms with Crippen LogP contribution in [0.15, 0.2) is 41.6 Å². The van der Waals surface area contributed by atoms with Gasteiger partial charge in [-0.3, -0.25) is 0 Å². The summed E-state index contributed by atoms with van der Waals surface area (Å²) in [5.74, 6) is -0.580. The van der Waals surface area contributed by atoms with Gasteiger partial charge in [0.1, 0.15) is 11.6 Å². The Labute approximate surface area is 139 Å². The van der Waals surface area contributed by atoms with E-state index in [2.05, 4.69) is 5.16 Å². The minimum atomic E-state index is -0.794. The molecule has 0 unspecified atom stereocenters. The largest absolute Gasteiger partial charge is 0.496 e. The number of carbonyl (C=O) groups excluding carboxylic acids is 1. The molecular weight excluding hydrogens is 309 g/mol. The van der Waals surface area contributed by atoms with Gasteiger partial charge in [0, 0.05) is 5.56 Å². The minimum absolute atomic E-state index is 0.121. The van der Waals surface area contributed by atoms with Gasteiger partial charge in [0.05, 0.1) is 18.4 Å². The summed E-state index contributed by atoms with van der Waals surface area (Å²) in [7, 11) is 1.64. The molecule has 0 saturated heterocycles. The number of methoxy groups -OCH3 is 1. The van der Waals surface area contributed by atoms with Crippen LogP contribution in [0.25, 0.3) is 0 Å². The normalized spacial score (nSPS) is 15.0. The quantitative estimate of drug-likeness (QED) is 0.631. The van der Waals surface area contributed by atoms with Crippen molar-refractivity contribution in [2.24, 2.45) is 5.16 Å². The maximum absolute atomic E-state index is 13.6. The average molecular weight is 327 g/mol. The third-order valence-electron chi connectivity index (χ3n) is 4.12. The molecule has 0 fully saturated rings. The summed E-state index contributed by atoms with van der Waals surface area (Å²) in [4.78, 5) is 17.0. The summed E-state index contributed by atoms with van der Waals surface area (Å²) in [6.45, 7) is 1.96. The molecule has 124 valence electrons. The average Bonchev–Trinajstić information content (AvgIpc) is 2.59. The number of benzene rings is 2. The Morgan fingerprint density at radius 1 is 1.21 bits per heavy atom. The molecule has 3 rings (SSSR count). The molecule has 4 nitrogen and oxygen atoms in total. The van der Waals surface area contributed by atoms with E-state index >= 15 is 0 Å². The van der Waals surface area contributed by atoms with Gasteiger partial charge in [0.2, 0.25) is 0 Å². The zero-order valence-electron chi connectivity index (χ0n) is 13.6. The Morgan fingerprint density at radius 2 is 2.00 bits per heavy atom. The number of oxime groups is 1. The number of nitrogens with zero attached hydrogens (tertiary/aromatic N) is 1. The molecule has 0 heterocycles. The number of aryl methyl sites for hydroxylation is 2. The molecule has 0 atom stereocenters. The molecule has 2 aromatic carbocycles. The molecule has 5 heteroatoms. The van der Waals surface area contributed by atoms with Crippen LogP contribution in [0.3, 0.4) is 0 Å². The number of rotatable bonds is 3. The molecule has 0 aliphatic heterocycles. The third kappa shape index (κ3) is 3.15. The maximum atomic E-state index is 13.6. The predicted molar refractivity (Wildman–Crippen MR) is 89.0 cm³/mol. The van der Waals surface area contributed by atoms with E-state index in [0.717, 1.165) is 35.3 Å². The Balaban J connectivity index is 1.87. The van der Waals surface area contributed by atoms with Crippen LogP contribution in [0.2, 0.25) is 0 Å². The second-order valence-corrected chi connectivity index (χ2v) is 5.73. The van der Waals surface area contributed by atoms with Gasteiger partial charge >= 0.3 is 5.97 Å². The minimum Gasteiger partial charge on any atom is -0.496 e. The summed E-state index contributed by atoms with van der Waals surface area (Å²) in [5.41, 5.74) is 3.65. The molecule has 1 aliphatic rings. The zero-order valence-corrected chi connectivity index (χ0v) is 13.6. The van der Waals surface area contributed by atoms with E-state index in [1.54, 1.807) is 13.2 Å². The van der Waals surface area contributed by atoms with Crippen molar-refractivity contribution in [1.29, 1.82) is 0 Å². The van der Waals surface area contributed by atoms with Gasteiger partial charge in [-0.1, -0.05) is 17.3 Å². The molecule has 0 saturated carbocycles. The molecule has 2 aromatic rings. The highest BCUT2D eigenvalue weighted by atomic mass is 19.1. The van der Waals surface area contributed by atoms with Gasteiger partial charge in [-0.05, 0) is 61.6 Å². The van der Waals surface area contributed by atoms with Crippen molar-refractivity contribution in [3.05, 3.63) is 64.5 Å². The molecule has 0 amide bonds. The van der Waals surface area contributed by atoms with Crippen LogP contribution in [0.5, 0.6) is 5.75 Å². The second-order valence-electron chi connectivity index (χ2n) is 5.73. The van der Waals surface area contributed by atoms with E-state index in [1.807, 2.05) is 19.1 Å². The highest BCUT2D eigenvalue weighted by Gasteiger charge is 2.20. The summed E-state index contributed by atoms with van der Waals surface area (Å²) < 4.78 is 19.0. The first-order valence-corrected chi connectivity index (χ1v) is 7.80. The van der Waals surface area contributed by atoms with Crippen molar-refractivity contribution in [1.82, 2.24) is 0 Å². The van der Waals surface area contributed by atoms with E-state index in [4.69, 9.17) is 9.57 Å². The molecule has 0 aromatic heterocycles. The number of ether oxygens (including phenoxy) is 1. The maximum Gasteiger partial charge on any atom is 0.368 e. The van der Waals surface area contributed by atoms with Crippen molar-refractivity contribution >= 4 is 11.7 Å². The fourth-order valence-corrected chi connectivity index (χ4v) is 2.87. The number of halogens is 1. The van der Waals surface area contributed by atoms with Crippen molar-refractivity contribution < 1.29 is 18.8 Å². The second kappa shape index (κ2) is 6.83. The zero-order chi connectivity index (χ0) is 17.1. The van der Waals surface area contributed by atoms with E-state index in [9.17, 15) is 9.18 Å². The molecular formula is C19H18FNO3. The van der Waals surface area contributed by atoms with Gasteiger partial charge in [-0.2, -0.15) is 0 Å². The Bertz CT molecular complexity index is 814. The number of carbonyl (C=O) groups is 1. The fraction of sp³-hybridized carbons (Fsp3) is 0.263. The molecule has 1 aliphatic carbocycles. The van der Waals surface area contributed by atoms with E-state index in [0.29, 0.717) is 12.1 Å². The number of fused-ring (bicyclic) bond motifs is 1. The van der Waals surface area contributed by atoms with Crippen molar-refractivity contribution in [3.63, 3.8) is 0 Å². The Kier molecular flexibility index (Phi) is 4.60. The van der Waals surface area contributed by atoms with Crippen LogP contribution in [0, 0.1) is 12.7 Å². The lowest BCUT2D eigenvalue weighted by Gasteiger charge is -2.19. The summed E-state index contributed by atoms with van der Waals surface area (Å²) in [6, 6.07) is 9.68. The van der Waals surface area contributed by atoms with Crippen molar-refractivity contribution in [2.45, 2.75) is 26.2 Å². The van der Waals surface area contributed by atoms with Gasteiger partial charge in [0.25, 0.3) is 0 Å². The lowest BCUT2D eigenvalue weighted by Crippen LogP contribution is -2.14. The van der Waals surface area contributed by atoms with Gasteiger partial charge < -0.3 is 9.57 Å². The van der Waals surface area contributed by atoms with E-state index in [-0.39, 0.29) is 5.56 Å². The summed E-state index contributed by atoms with van der Waals surface area (Å²) in [5, 5.41) is 4.00. The molecule has 0 radical (unpaired) electrons. The lowest BCUT2D eigenvalue weighted by molar-refractivity contribution is 0.0510. The molecule has 24 heavy (non-hydrogen) atoms. The molecule has 0 N–H and O–H groups in total. The number of hydrogen-bond donors (Lipinski definition) is 0. The Morgan fingerprint density at radius 3 is 2.75 bits per heavy atom. The highest BCUT2D eigenvalue weighted by Crippen LogP contribution is 2.29. The van der Waals surface area contributed by atoms with E-state index < -0.39 is 11.8 Å². The topological polar surface area (TPSA) is 47.9 Å². The van der Waals surface area contributed by atoms with Crippen LogP contribution in [-0.4, -0.2) is 18.8 Å². The predicted octanol–water partition coefficient (Wildman–Crippen LogP) is 4.04. The van der Waals surface area contributed by atoms with Gasteiger partial charge in [-0.25, -0.2) is 9.18 Å². The lowest BCUT2D eigenvalue weighted by atomic mass is 9.88. The standard InChI is InChI=1S/C19H18FNO3/c1-12-10-15-13(11-18(12)23-2)6-5-9-17(15)21-24-19(22)14-7-3-4-8-16(14)20/h3-4,7-8,10-11H,5-6,9H2,1-2H3. The van der Waals surface area contributed by atoms with Crippen LogP contribution in [0.4, 0.5) is 4.39 Å². The summed E-state index contributed by atoms with van der Waals surface area (Å²) >= 11 is 0. The first-order valence-electron chi connectivity index (χ1n) is 7.80. The molecule has 0 spiro atoms.